The summed E-state index contributed by atoms with van der Waals surface area (Å²) in [5, 5.41) is 0. The molecule has 2 atom stereocenters. The first kappa shape index (κ1) is 52.2. The number of esters is 1. The second-order valence-electron chi connectivity index (χ2n) is 16.4. The van der Waals surface area contributed by atoms with E-state index in [9.17, 15) is 14.3 Å². The Kier molecular flexibility index (Phi) is 37.6. The molecule has 0 rings (SSSR count). The maximum atomic E-state index is 12.7. The van der Waals surface area contributed by atoms with Crippen LogP contribution in [-0.4, -0.2) is 70.7 Å². The molecule has 8 nitrogen and oxygen atoms in total. The fourth-order valence-corrected chi connectivity index (χ4v) is 7.03. The van der Waals surface area contributed by atoms with E-state index < -0.39 is 13.9 Å². The lowest BCUT2D eigenvalue weighted by Gasteiger charge is -2.28. The molecule has 0 radical (unpaired) electrons. The Balaban J connectivity index is 4.21. The van der Waals surface area contributed by atoms with E-state index in [0.29, 0.717) is 24.1 Å². The highest BCUT2D eigenvalue weighted by molar-refractivity contribution is 7.45. The molecule has 0 aromatic heterocycles. The van der Waals surface area contributed by atoms with Gasteiger partial charge in [-0.25, -0.2) is 0 Å². The summed E-state index contributed by atoms with van der Waals surface area (Å²) in [5.74, 6) is -0.339. The molecule has 0 bridgehead atoms. The number of carbonyl (C=O) groups is 1. The number of hydrogen-bond donors (Lipinski definition) is 0. The molecule has 0 amide bonds. The van der Waals surface area contributed by atoms with E-state index in [1.807, 2.05) is 21.1 Å². The number of quaternary nitrogens is 1. The van der Waals surface area contributed by atoms with Gasteiger partial charge in [0, 0.05) is 13.0 Å². The summed E-state index contributed by atoms with van der Waals surface area (Å²) in [5.41, 5.74) is 0. The molecule has 0 fully saturated rings. The topological polar surface area (TPSA) is 94.1 Å². The van der Waals surface area contributed by atoms with Crippen LogP contribution in [0.25, 0.3) is 0 Å². The maximum absolute atomic E-state index is 12.7. The van der Waals surface area contributed by atoms with Gasteiger partial charge in [0.25, 0.3) is 7.82 Å². The average Bonchev–Trinajstić information content (AvgIpc) is 3.11. The van der Waals surface area contributed by atoms with Crippen molar-refractivity contribution in [3.05, 3.63) is 12.2 Å². The third kappa shape index (κ3) is 42.2. The van der Waals surface area contributed by atoms with Gasteiger partial charge in [-0.05, 0) is 38.5 Å². The van der Waals surface area contributed by atoms with Crippen LogP contribution in [0.3, 0.4) is 0 Å². The fourth-order valence-electron chi connectivity index (χ4n) is 6.31. The van der Waals surface area contributed by atoms with E-state index in [-0.39, 0.29) is 25.8 Å². The molecule has 53 heavy (non-hydrogen) atoms. The van der Waals surface area contributed by atoms with Crippen molar-refractivity contribution in [3.8, 4) is 0 Å². The molecular formula is C44H88NO7P. The lowest BCUT2D eigenvalue weighted by molar-refractivity contribution is -0.870. The molecule has 0 heterocycles. The van der Waals surface area contributed by atoms with E-state index in [4.69, 9.17) is 18.5 Å². The van der Waals surface area contributed by atoms with Gasteiger partial charge >= 0.3 is 5.97 Å². The van der Waals surface area contributed by atoms with Crippen LogP contribution in [0, 0.1) is 0 Å². The van der Waals surface area contributed by atoms with E-state index in [0.717, 1.165) is 44.9 Å². The van der Waals surface area contributed by atoms with Crippen molar-refractivity contribution in [1.29, 1.82) is 0 Å². The lowest BCUT2D eigenvalue weighted by Crippen LogP contribution is -2.37. The highest BCUT2D eigenvalue weighted by atomic mass is 31.2. The number of unbranched alkanes of at least 4 members (excludes halogenated alkanes) is 26. The Morgan fingerprint density at radius 2 is 0.981 bits per heavy atom. The predicted octanol–water partition coefficient (Wildman–Crippen LogP) is 12.4. The van der Waals surface area contributed by atoms with E-state index in [1.165, 1.54) is 141 Å². The van der Waals surface area contributed by atoms with Crippen LogP contribution in [0.15, 0.2) is 12.2 Å². The third-order valence-corrected chi connectivity index (χ3v) is 10.8. The number of carbonyl (C=O) groups excluding carboxylic acids is 1. The zero-order valence-corrected chi connectivity index (χ0v) is 36.6. The summed E-state index contributed by atoms with van der Waals surface area (Å²) in [7, 11) is 1.36. The molecule has 0 aliphatic carbocycles. The van der Waals surface area contributed by atoms with Gasteiger partial charge in [0.15, 0.2) is 0 Å². The number of rotatable bonds is 42. The smallest absolute Gasteiger partial charge is 0.306 e. The number of ether oxygens (including phenoxy) is 2. The first-order chi connectivity index (χ1) is 25.6. The van der Waals surface area contributed by atoms with Crippen LogP contribution in [-0.2, 0) is 27.9 Å². The fraction of sp³-hybridized carbons (Fsp3) is 0.932. The van der Waals surface area contributed by atoms with Crippen LogP contribution >= 0.6 is 7.82 Å². The van der Waals surface area contributed by atoms with Crippen LogP contribution in [0.4, 0.5) is 0 Å². The maximum Gasteiger partial charge on any atom is 0.306 e. The Hall–Kier alpha value is -0.760. The number of likely N-dealkylation sites (N-methyl/N-ethyl adjacent to an activating group) is 1. The highest BCUT2D eigenvalue weighted by Crippen LogP contribution is 2.38. The van der Waals surface area contributed by atoms with Crippen molar-refractivity contribution < 1.29 is 37.3 Å². The summed E-state index contributed by atoms with van der Waals surface area (Å²) >= 11 is 0. The average molecular weight is 774 g/mol. The summed E-state index contributed by atoms with van der Waals surface area (Å²) in [6.07, 6.45) is 40.7. The van der Waals surface area contributed by atoms with Gasteiger partial charge in [0.2, 0.25) is 0 Å². The molecule has 0 N–H and O–H groups in total. The molecule has 316 valence electrons. The number of phosphoric acid groups is 1. The molecule has 0 aromatic rings. The molecule has 0 aliphatic rings. The van der Waals surface area contributed by atoms with Crippen LogP contribution < -0.4 is 4.89 Å². The molecule has 0 aliphatic heterocycles. The van der Waals surface area contributed by atoms with Crippen molar-refractivity contribution >= 4 is 13.8 Å². The summed E-state index contributed by atoms with van der Waals surface area (Å²) in [4.78, 5) is 25.0. The van der Waals surface area contributed by atoms with Gasteiger partial charge in [-0.1, -0.05) is 174 Å². The minimum absolute atomic E-state index is 0.0277. The van der Waals surface area contributed by atoms with E-state index in [1.54, 1.807) is 0 Å². The number of nitrogens with zero attached hydrogens (tertiary/aromatic N) is 1. The Morgan fingerprint density at radius 3 is 1.43 bits per heavy atom. The molecule has 9 heteroatoms. The molecular weight excluding hydrogens is 685 g/mol. The van der Waals surface area contributed by atoms with Crippen molar-refractivity contribution in [2.75, 3.05) is 54.1 Å². The second kappa shape index (κ2) is 38.1. The quantitative estimate of drug-likeness (QED) is 0.0200. The SMILES string of the molecule is CCCCCCCC/C=C\CCCCCCCC(=O)O[C@@H](COCCCCCCCCCCCCCCCCCC)COP(=O)([O-])OCC[N+](C)(C)C. The Bertz CT molecular complexity index is 863. The van der Waals surface area contributed by atoms with Crippen LogP contribution in [0.2, 0.25) is 0 Å². The standard InChI is InChI=1S/C44H88NO7P/c1-6-8-10-12-14-16-18-20-22-24-26-28-30-32-34-36-39-49-41-43(42-51-53(47,48)50-40-38-45(3,4)5)52-44(46)37-35-33-31-29-27-25-23-21-19-17-15-13-11-9-7-2/h21,23,43H,6-20,22,24-42H2,1-5H3/b23-21-/t43-/m0/s1. The molecule has 1 unspecified atom stereocenters. The number of allylic oxidation sites excluding steroid dienone is 2. The van der Waals surface area contributed by atoms with Crippen LogP contribution in [0.1, 0.15) is 206 Å². The van der Waals surface area contributed by atoms with Crippen LogP contribution in [0.5, 0.6) is 0 Å². The largest absolute Gasteiger partial charge is 0.756 e. The minimum Gasteiger partial charge on any atom is -0.756 e. The first-order valence-electron chi connectivity index (χ1n) is 22.4. The molecule has 0 saturated heterocycles. The Morgan fingerprint density at radius 1 is 0.566 bits per heavy atom. The van der Waals surface area contributed by atoms with Crippen molar-refractivity contribution in [2.24, 2.45) is 0 Å². The number of phosphoric ester groups is 1. The molecule has 0 saturated carbocycles. The van der Waals surface area contributed by atoms with Crippen molar-refractivity contribution in [1.82, 2.24) is 0 Å². The van der Waals surface area contributed by atoms with Gasteiger partial charge in [-0.15, -0.1) is 0 Å². The summed E-state index contributed by atoms with van der Waals surface area (Å²) in [6, 6.07) is 0. The van der Waals surface area contributed by atoms with Gasteiger partial charge in [-0.2, -0.15) is 0 Å². The zero-order chi connectivity index (χ0) is 39.1. The first-order valence-corrected chi connectivity index (χ1v) is 23.9. The van der Waals surface area contributed by atoms with E-state index >= 15 is 0 Å². The second-order valence-corrected chi connectivity index (χ2v) is 17.8. The zero-order valence-electron chi connectivity index (χ0n) is 35.7. The molecule has 0 spiro atoms. The summed E-state index contributed by atoms with van der Waals surface area (Å²) in [6.45, 7) is 5.43. The van der Waals surface area contributed by atoms with Gasteiger partial charge in [-0.3, -0.25) is 9.36 Å². The highest BCUT2D eigenvalue weighted by Gasteiger charge is 2.20. The Labute approximate surface area is 329 Å². The van der Waals surface area contributed by atoms with E-state index in [2.05, 4.69) is 26.0 Å². The summed E-state index contributed by atoms with van der Waals surface area (Å²) < 4.78 is 34.6. The van der Waals surface area contributed by atoms with Crippen molar-refractivity contribution in [2.45, 2.75) is 213 Å². The number of hydrogen-bond acceptors (Lipinski definition) is 7. The minimum atomic E-state index is -4.52. The van der Waals surface area contributed by atoms with Gasteiger partial charge in [0.1, 0.15) is 19.3 Å². The van der Waals surface area contributed by atoms with Crippen molar-refractivity contribution in [3.63, 3.8) is 0 Å². The monoisotopic (exact) mass is 774 g/mol. The molecule has 0 aromatic carbocycles. The lowest BCUT2D eigenvalue weighted by atomic mass is 10.0. The van der Waals surface area contributed by atoms with Gasteiger partial charge in [0.05, 0.1) is 34.4 Å². The normalized spacial score (nSPS) is 13.8. The third-order valence-electron chi connectivity index (χ3n) is 9.82. The predicted molar refractivity (Wildman–Crippen MR) is 222 cm³/mol. The van der Waals surface area contributed by atoms with Gasteiger partial charge < -0.3 is 27.9 Å².